The molecule has 5 rings (SSSR count). The number of nitrogens with zero attached hydrogens (tertiary/aromatic N) is 3. The van der Waals surface area contributed by atoms with Crippen molar-refractivity contribution >= 4 is 16.6 Å². The number of terminal acetylenes is 1. The standard InChI is InChI=1S/C24H24N4O2/c1-2-16-9-10-21(22(29)12-16)23-19-7-3-4-8-20(19)24(27-26-23)25-17-6-5-11-28(13-17)18-14-30-15-18/h1,3-4,7-10,12,17-18,29H,5-6,11,13-15H2,(H,25,27)/t17-/m1/s1. The quantitative estimate of drug-likeness (QED) is 0.655. The van der Waals surface area contributed by atoms with Crippen LogP contribution in [0.25, 0.3) is 22.0 Å². The number of phenols is 1. The monoisotopic (exact) mass is 400 g/mol. The van der Waals surface area contributed by atoms with Crippen LogP contribution in [0.5, 0.6) is 5.75 Å². The highest BCUT2D eigenvalue weighted by atomic mass is 16.5. The van der Waals surface area contributed by atoms with Gasteiger partial charge in [0.2, 0.25) is 0 Å². The molecule has 2 aliphatic rings. The third-order valence-corrected chi connectivity index (χ3v) is 6.04. The summed E-state index contributed by atoms with van der Waals surface area (Å²) in [7, 11) is 0. The zero-order valence-corrected chi connectivity index (χ0v) is 16.7. The minimum Gasteiger partial charge on any atom is -0.507 e. The summed E-state index contributed by atoms with van der Waals surface area (Å²) in [4.78, 5) is 2.51. The second kappa shape index (κ2) is 7.94. The van der Waals surface area contributed by atoms with E-state index in [2.05, 4.69) is 26.3 Å². The molecule has 152 valence electrons. The summed E-state index contributed by atoms with van der Waals surface area (Å²) in [5, 5.41) is 25.0. The molecule has 3 aromatic rings. The topological polar surface area (TPSA) is 70.5 Å². The molecule has 0 saturated carbocycles. The predicted molar refractivity (Wildman–Crippen MR) is 117 cm³/mol. The van der Waals surface area contributed by atoms with Crippen molar-refractivity contribution < 1.29 is 9.84 Å². The highest BCUT2D eigenvalue weighted by Crippen LogP contribution is 2.35. The first-order chi connectivity index (χ1) is 14.7. The molecule has 2 aliphatic heterocycles. The minimum atomic E-state index is 0.108. The zero-order valence-electron chi connectivity index (χ0n) is 16.7. The van der Waals surface area contributed by atoms with Crippen LogP contribution in [0.3, 0.4) is 0 Å². The van der Waals surface area contributed by atoms with E-state index in [0.29, 0.717) is 28.9 Å². The minimum absolute atomic E-state index is 0.108. The Morgan fingerprint density at radius 2 is 1.97 bits per heavy atom. The number of hydrogen-bond donors (Lipinski definition) is 2. The van der Waals surface area contributed by atoms with E-state index in [1.165, 1.54) is 0 Å². The number of phenolic OH excluding ortho intramolecular Hbond substituents is 1. The number of rotatable bonds is 4. The maximum atomic E-state index is 10.5. The van der Waals surface area contributed by atoms with E-state index in [0.717, 1.165) is 55.7 Å². The van der Waals surface area contributed by atoms with Gasteiger partial charge in [-0.05, 0) is 37.6 Å². The normalized spacial score (nSPS) is 19.9. The molecular weight excluding hydrogens is 376 g/mol. The Labute approximate surface area is 175 Å². The number of piperidine rings is 1. The van der Waals surface area contributed by atoms with Crippen LogP contribution in [-0.4, -0.2) is 58.6 Å². The SMILES string of the molecule is C#Cc1ccc(-c2nnc(N[C@@H]3CCCN(C4COC4)C3)c3ccccc23)c(O)c1. The van der Waals surface area contributed by atoms with Gasteiger partial charge < -0.3 is 15.2 Å². The van der Waals surface area contributed by atoms with E-state index in [4.69, 9.17) is 11.2 Å². The van der Waals surface area contributed by atoms with Crippen LogP contribution in [0.4, 0.5) is 5.82 Å². The van der Waals surface area contributed by atoms with Crippen molar-refractivity contribution in [1.82, 2.24) is 15.1 Å². The van der Waals surface area contributed by atoms with Crippen LogP contribution in [-0.2, 0) is 4.74 Å². The summed E-state index contributed by atoms with van der Waals surface area (Å²) in [5.41, 5.74) is 1.90. The van der Waals surface area contributed by atoms with Gasteiger partial charge in [-0.25, -0.2) is 0 Å². The number of aromatic nitrogens is 2. The fourth-order valence-electron chi connectivity index (χ4n) is 4.31. The summed E-state index contributed by atoms with van der Waals surface area (Å²) in [6.07, 6.45) is 7.71. The van der Waals surface area contributed by atoms with Crippen LogP contribution < -0.4 is 5.32 Å². The first kappa shape index (κ1) is 18.9. The number of aromatic hydroxyl groups is 1. The molecule has 0 bridgehead atoms. The molecule has 30 heavy (non-hydrogen) atoms. The first-order valence-corrected chi connectivity index (χ1v) is 10.4. The number of hydrogen-bond acceptors (Lipinski definition) is 6. The lowest BCUT2D eigenvalue weighted by molar-refractivity contribution is -0.0710. The van der Waals surface area contributed by atoms with Gasteiger partial charge in [-0.3, -0.25) is 4.90 Å². The number of anilines is 1. The molecular formula is C24H24N4O2. The lowest BCUT2D eigenvalue weighted by Crippen LogP contribution is -2.54. The average Bonchev–Trinajstić information content (AvgIpc) is 2.73. The molecule has 0 aliphatic carbocycles. The largest absolute Gasteiger partial charge is 0.507 e. The Balaban J connectivity index is 1.46. The van der Waals surface area contributed by atoms with Gasteiger partial charge in [0.25, 0.3) is 0 Å². The van der Waals surface area contributed by atoms with Crippen LogP contribution in [0, 0.1) is 12.3 Å². The van der Waals surface area contributed by atoms with E-state index in [9.17, 15) is 5.11 Å². The lowest BCUT2D eigenvalue weighted by Gasteiger charge is -2.42. The van der Waals surface area contributed by atoms with Gasteiger partial charge in [0, 0.05) is 34.5 Å². The summed E-state index contributed by atoms with van der Waals surface area (Å²) in [6.45, 7) is 3.79. The summed E-state index contributed by atoms with van der Waals surface area (Å²) in [5.74, 6) is 3.43. The van der Waals surface area contributed by atoms with Gasteiger partial charge >= 0.3 is 0 Å². The second-order valence-corrected chi connectivity index (χ2v) is 7.99. The lowest BCUT2D eigenvalue weighted by atomic mass is 10.0. The molecule has 6 nitrogen and oxygen atoms in total. The van der Waals surface area contributed by atoms with E-state index < -0.39 is 0 Å². The molecule has 2 N–H and O–H groups in total. The van der Waals surface area contributed by atoms with Crippen LogP contribution in [0.1, 0.15) is 18.4 Å². The van der Waals surface area contributed by atoms with Crippen molar-refractivity contribution in [3.63, 3.8) is 0 Å². The van der Waals surface area contributed by atoms with E-state index in [-0.39, 0.29) is 5.75 Å². The van der Waals surface area contributed by atoms with Crippen LogP contribution in [0.2, 0.25) is 0 Å². The Bertz CT molecular complexity index is 1120. The number of benzene rings is 2. The zero-order chi connectivity index (χ0) is 20.5. The summed E-state index contributed by atoms with van der Waals surface area (Å²) >= 11 is 0. The van der Waals surface area contributed by atoms with Crippen LogP contribution >= 0.6 is 0 Å². The molecule has 1 aromatic heterocycles. The highest BCUT2D eigenvalue weighted by Gasteiger charge is 2.30. The molecule has 6 heteroatoms. The maximum Gasteiger partial charge on any atom is 0.156 e. The van der Waals surface area contributed by atoms with Crippen molar-refractivity contribution in [2.45, 2.75) is 24.9 Å². The Morgan fingerprint density at radius 3 is 2.70 bits per heavy atom. The van der Waals surface area contributed by atoms with E-state index >= 15 is 0 Å². The summed E-state index contributed by atoms with van der Waals surface area (Å²) < 4.78 is 5.36. The molecule has 2 fully saturated rings. The number of fused-ring (bicyclic) bond motifs is 1. The van der Waals surface area contributed by atoms with Gasteiger partial charge in [0.15, 0.2) is 5.82 Å². The van der Waals surface area contributed by atoms with Gasteiger partial charge in [0.1, 0.15) is 11.4 Å². The van der Waals surface area contributed by atoms with E-state index in [1.807, 2.05) is 24.3 Å². The maximum absolute atomic E-state index is 10.5. The van der Waals surface area contributed by atoms with Gasteiger partial charge in [0.05, 0.1) is 19.3 Å². The van der Waals surface area contributed by atoms with Crippen molar-refractivity contribution in [3.05, 3.63) is 48.0 Å². The van der Waals surface area contributed by atoms with Gasteiger partial charge in [-0.1, -0.05) is 30.2 Å². The predicted octanol–water partition coefficient (Wildman–Crippen LogP) is 3.26. The van der Waals surface area contributed by atoms with E-state index in [1.54, 1.807) is 18.2 Å². The Morgan fingerprint density at radius 1 is 1.13 bits per heavy atom. The third-order valence-electron chi connectivity index (χ3n) is 6.04. The number of nitrogens with one attached hydrogen (secondary N) is 1. The fourth-order valence-corrected chi connectivity index (χ4v) is 4.31. The molecule has 2 aromatic carbocycles. The second-order valence-electron chi connectivity index (χ2n) is 7.99. The van der Waals surface area contributed by atoms with Gasteiger partial charge in [-0.15, -0.1) is 16.6 Å². The molecule has 0 radical (unpaired) electrons. The van der Waals surface area contributed by atoms with Crippen LogP contribution in [0.15, 0.2) is 42.5 Å². The molecule has 1 atom stereocenters. The molecule has 0 amide bonds. The smallest absolute Gasteiger partial charge is 0.156 e. The van der Waals surface area contributed by atoms with Crippen molar-refractivity contribution in [3.8, 4) is 29.4 Å². The molecule has 2 saturated heterocycles. The third kappa shape index (κ3) is 3.47. The highest BCUT2D eigenvalue weighted by molar-refractivity contribution is 6.00. The van der Waals surface area contributed by atoms with Gasteiger partial charge in [-0.2, -0.15) is 0 Å². The fraction of sp³-hybridized carbons (Fsp3) is 0.333. The number of ether oxygens (including phenoxy) is 1. The Kier molecular flexibility index (Phi) is 4.99. The number of likely N-dealkylation sites (tertiary alicyclic amines) is 1. The van der Waals surface area contributed by atoms with Crippen molar-refractivity contribution in [2.75, 3.05) is 31.6 Å². The Hall–Kier alpha value is -3.14. The molecule has 3 heterocycles. The first-order valence-electron chi connectivity index (χ1n) is 10.4. The summed E-state index contributed by atoms with van der Waals surface area (Å²) in [6, 6.07) is 14.1. The van der Waals surface area contributed by atoms with Crippen molar-refractivity contribution in [2.24, 2.45) is 0 Å². The molecule has 0 spiro atoms. The van der Waals surface area contributed by atoms with Crippen molar-refractivity contribution in [1.29, 1.82) is 0 Å². The average molecular weight is 400 g/mol. The molecule has 0 unspecified atom stereocenters.